The van der Waals surface area contributed by atoms with E-state index in [0.717, 1.165) is 16.1 Å². The van der Waals surface area contributed by atoms with Crippen LogP contribution in [-0.4, -0.2) is 43.9 Å². The van der Waals surface area contributed by atoms with Gasteiger partial charge in [-0.1, -0.05) is 23.4 Å². The fourth-order valence-electron chi connectivity index (χ4n) is 2.88. The molecule has 1 heterocycles. The molecule has 1 amide bonds. The van der Waals surface area contributed by atoms with Gasteiger partial charge in [0.05, 0.1) is 25.6 Å². The van der Waals surface area contributed by atoms with Crippen molar-refractivity contribution in [3.63, 3.8) is 0 Å². The topological polar surface area (TPSA) is 115 Å². The minimum absolute atomic E-state index is 0.0290. The average Bonchev–Trinajstić information content (AvgIpc) is 3.21. The first-order chi connectivity index (χ1) is 14.3. The zero-order valence-corrected chi connectivity index (χ0v) is 17.6. The number of nitrogens with zero attached hydrogens (tertiary/aromatic N) is 3. The fraction of sp³-hybridized carbons (Fsp3) is 0.250. The molecule has 3 rings (SSSR count). The molecule has 1 unspecified atom stereocenters. The molecule has 0 bridgehead atoms. The number of benzene rings is 2. The predicted molar refractivity (Wildman–Crippen MR) is 111 cm³/mol. The molecule has 1 atom stereocenters. The number of carbonyl (C=O) groups excluding carboxylic acids is 1. The third-order valence-electron chi connectivity index (χ3n) is 4.33. The van der Waals surface area contributed by atoms with Crippen LogP contribution in [0.25, 0.3) is 11.4 Å². The van der Waals surface area contributed by atoms with Crippen LogP contribution in [0.3, 0.4) is 0 Å². The molecule has 0 saturated heterocycles. The molecule has 158 valence electrons. The van der Waals surface area contributed by atoms with Gasteiger partial charge < -0.3 is 14.6 Å². The predicted octanol–water partition coefficient (Wildman–Crippen LogP) is 2.22. The number of rotatable bonds is 8. The van der Waals surface area contributed by atoms with E-state index in [9.17, 15) is 13.2 Å². The van der Waals surface area contributed by atoms with Crippen molar-refractivity contribution in [2.45, 2.75) is 19.5 Å². The highest BCUT2D eigenvalue weighted by Crippen LogP contribution is 2.21. The molecular formula is C20H22N4O5S. The van der Waals surface area contributed by atoms with Crippen LogP contribution in [0.1, 0.15) is 12.8 Å². The number of methoxy groups -OCH3 is 1. The first kappa shape index (κ1) is 21.3. The Bertz CT molecular complexity index is 1100. The third kappa shape index (κ3) is 4.95. The first-order valence-corrected chi connectivity index (χ1v) is 10.9. The van der Waals surface area contributed by atoms with Crippen LogP contribution < -0.4 is 14.4 Å². The molecule has 0 aliphatic carbocycles. The number of nitrogens with one attached hydrogen (secondary N) is 1. The Balaban J connectivity index is 1.68. The molecule has 0 radical (unpaired) electrons. The number of carbonyl (C=O) groups is 1. The van der Waals surface area contributed by atoms with Gasteiger partial charge in [0.2, 0.25) is 27.6 Å². The zero-order valence-electron chi connectivity index (χ0n) is 16.8. The van der Waals surface area contributed by atoms with Crippen LogP contribution >= 0.6 is 0 Å². The van der Waals surface area contributed by atoms with Gasteiger partial charge in [0.25, 0.3) is 0 Å². The van der Waals surface area contributed by atoms with Crippen molar-refractivity contribution in [1.29, 1.82) is 0 Å². The summed E-state index contributed by atoms with van der Waals surface area (Å²) < 4.78 is 35.9. The van der Waals surface area contributed by atoms with Crippen molar-refractivity contribution in [2.24, 2.45) is 0 Å². The lowest BCUT2D eigenvalue weighted by Gasteiger charge is -2.28. The lowest BCUT2D eigenvalue weighted by atomic mass is 10.2. The van der Waals surface area contributed by atoms with E-state index in [0.29, 0.717) is 17.3 Å². The van der Waals surface area contributed by atoms with Gasteiger partial charge in [0.15, 0.2) is 0 Å². The second kappa shape index (κ2) is 8.95. The van der Waals surface area contributed by atoms with Gasteiger partial charge in [-0.3, -0.25) is 9.10 Å². The van der Waals surface area contributed by atoms with Crippen molar-refractivity contribution in [3.05, 3.63) is 60.5 Å². The Labute approximate surface area is 174 Å². The van der Waals surface area contributed by atoms with Gasteiger partial charge in [-0.05, 0) is 43.3 Å². The quantitative estimate of drug-likeness (QED) is 0.583. The van der Waals surface area contributed by atoms with Crippen LogP contribution in [-0.2, 0) is 21.4 Å². The highest BCUT2D eigenvalue weighted by molar-refractivity contribution is 7.92. The van der Waals surface area contributed by atoms with Crippen molar-refractivity contribution in [1.82, 2.24) is 15.5 Å². The van der Waals surface area contributed by atoms with E-state index in [4.69, 9.17) is 9.26 Å². The normalized spacial score (nSPS) is 12.2. The summed E-state index contributed by atoms with van der Waals surface area (Å²) >= 11 is 0. The lowest BCUT2D eigenvalue weighted by molar-refractivity contribution is -0.122. The van der Waals surface area contributed by atoms with E-state index in [-0.39, 0.29) is 12.4 Å². The van der Waals surface area contributed by atoms with Gasteiger partial charge in [0, 0.05) is 5.56 Å². The number of anilines is 1. The van der Waals surface area contributed by atoms with Gasteiger partial charge in [-0.25, -0.2) is 8.42 Å². The summed E-state index contributed by atoms with van der Waals surface area (Å²) in [4.78, 5) is 16.9. The molecule has 0 aliphatic heterocycles. The monoisotopic (exact) mass is 430 g/mol. The van der Waals surface area contributed by atoms with Crippen LogP contribution in [0.15, 0.2) is 59.1 Å². The lowest BCUT2D eigenvalue weighted by Crippen LogP contribution is -2.47. The molecule has 10 heteroatoms. The second-order valence-corrected chi connectivity index (χ2v) is 8.39. The highest BCUT2D eigenvalue weighted by atomic mass is 32.2. The molecule has 0 saturated carbocycles. The maximum absolute atomic E-state index is 12.6. The Morgan fingerprint density at radius 1 is 1.17 bits per heavy atom. The summed E-state index contributed by atoms with van der Waals surface area (Å²) in [5, 5.41) is 6.54. The highest BCUT2D eigenvalue weighted by Gasteiger charge is 2.29. The van der Waals surface area contributed by atoms with E-state index in [1.54, 1.807) is 61.7 Å². The third-order valence-corrected chi connectivity index (χ3v) is 5.57. The summed E-state index contributed by atoms with van der Waals surface area (Å²) in [5.74, 6) is 0.787. The van der Waals surface area contributed by atoms with Crippen LogP contribution in [0, 0.1) is 0 Å². The number of para-hydroxylation sites is 1. The summed E-state index contributed by atoms with van der Waals surface area (Å²) in [6.45, 7) is 1.48. The molecule has 1 N–H and O–H groups in total. The number of hydrogen-bond donors (Lipinski definition) is 1. The maximum Gasteiger partial charge on any atom is 0.246 e. The van der Waals surface area contributed by atoms with E-state index >= 15 is 0 Å². The Hall–Kier alpha value is -3.40. The van der Waals surface area contributed by atoms with Gasteiger partial charge in [0.1, 0.15) is 11.8 Å². The molecule has 2 aromatic carbocycles. The van der Waals surface area contributed by atoms with E-state index in [1.807, 2.05) is 0 Å². The Kier molecular flexibility index (Phi) is 6.36. The molecular weight excluding hydrogens is 408 g/mol. The summed E-state index contributed by atoms with van der Waals surface area (Å²) in [7, 11) is -2.09. The number of amides is 1. The first-order valence-electron chi connectivity index (χ1n) is 9.09. The average molecular weight is 430 g/mol. The van der Waals surface area contributed by atoms with Crippen molar-refractivity contribution >= 4 is 21.6 Å². The standard InChI is InChI=1S/C20H22N4O5S/c1-14(24(30(3,26)27)16-7-5-4-6-8-16)20(25)21-13-18-22-19(23-29-18)15-9-11-17(28-2)12-10-15/h4-12,14H,13H2,1-3H3,(H,21,25). The van der Waals surface area contributed by atoms with Crippen molar-refractivity contribution in [3.8, 4) is 17.1 Å². The fourth-order valence-corrected chi connectivity index (χ4v) is 4.05. The molecule has 0 spiro atoms. The number of hydrogen-bond acceptors (Lipinski definition) is 7. The van der Waals surface area contributed by atoms with Crippen LogP contribution in [0.5, 0.6) is 5.75 Å². The number of aromatic nitrogens is 2. The summed E-state index contributed by atoms with van der Waals surface area (Å²) in [6.07, 6.45) is 1.06. The van der Waals surface area contributed by atoms with Crippen LogP contribution in [0.2, 0.25) is 0 Å². The van der Waals surface area contributed by atoms with Crippen LogP contribution in [0.4, 0.5) is 5.69 Å². The molecule has 3 aromatic rings. The molecule has 0 fully saturated rings. The smallest absolute Gasteiger partial charge is 0.246 e. The van der Waals surface area contributed by atoms with E-state index in [1.165, 1.54) is 6.92 Å². The largest absolute Gasteiger partial charge is 0.497 e. The Morgan fingerprint density at radius 2 is 1.83 bits per heavy atom. The SMILES string of the molecule is COc1ccc(-c2noc(CNC(=O)C(C)N(c3ccccc3)S(C)(=O)=O)n2)cc1. The van der Waals surface area contributed by atoms with Gasteiger partial charge in [-0.2, -0.15) is 4.98 Å². The summed E-state index contributed by atoms with van der Waals surface area (Å²) in [6, 6.07) is 14.6. The summed E-state index contributed by atoms with van der Waals surface area (Å²) in [5.41, 5.74) is 1.14. The van der Waals surface area contributed by atoms with Crippen molar-refractivity contribution in [2.75, 3.05) is 17.7 Å². The zero-order chi connectivity index (χ0) is 21.7. The Morgan fingerprint density at radius 3 is 2.43 bits per heavy atom. The molecule has 1 aromatic heterocycles. The van der Waals surface area contributed by atoms with Gasteiger partial charge in [-0.15, -0.1) is 0 Å². The van der Waals surface area contributed by atoms with E-state index in [2.05, 4.69) is 15.5 Å². The minimum Gasteiger partial charge on any atom is -0.497 e. The van der Waals surface area contributed by atoms with Crippen molar-refractivity contribution < 1.29 is 22.5 Å². The van der Waals surface area contributed by atoms with Gasteiger partial charge >= 0.3 is 0 Å². The molecule has 9 nitrogen and oxygen atoms in total. The number of ether oxygens (including phenoxy) is 1. The minimum atomic E-state index is -3.67. The molecule has 0 aliphatic rings. The maximum atomic E-state index is 12.6. The number of sulfonamides is 1. The second-order valence-electron chi connectivity index (χ2n) is 6.53. The van der Waals surface area contributed by atoms with E-state index < -0.39 is 22.0 Å². The molecule has 30 heavy (non-hydrogen) atoms.